The van der Waals surface area contributed by atoms with Crippen molar-refractivity contribution in [1.29, 1.82) is 0 Å². The molecule has 0 fully saturated rings. The highest BCUT2D eigenvalue weighted by molar-refractivity contribution is 7.99. The summed E-state index contributed by atoms with van der Waals surface area (Å²) in [7, 11) is 0. The molecule has 0 amide bonds. The van der Waals surface area contributed by atoms with Crippen LogP contribution in [-0.4, -0.2) is 28.1 Å². The molecule has 0 saturated carbocycles. The van der Waals surface area contributed by atoms with E-state index in [-0.39, 0.29) is 0 Å². The SMILES string of the molecule is CCCCCCCCCCCCSCC(CCC)CCCC(CSCCCCCCCCCCCC)Cc1ccccc1O. The van der Waals surface area contributed by atoms with Crippen LogP contribution in [0.2, 0.25) is 0 Å². The summed E-state index contributed by atoms with van der Waals surface area (Å²) in [6.07, 6.45) is 36.3. The summed E-state index contributed by atoms with van der Waals surface area (Å²) >= 11 is 4.41. The quantitative estimate of drug-likeness (QED) is 0.0751. The molecule has 0 aromatic heterocycles. The van der Waals surface area contributed by atoms with Gasteiger partial charge in [-0.05, 0) is 85.0 Å². The average Bonchev–Trinajstić information content (AvgIpc) is 3.03. The van der Waals surface area contributed by atoms with Gasteiger partial charge in [0.25, 0.3) is 0 Å². The monoisotopic (exact) mass is 649 g/mol. The first-order chi connectivity index (χ1) is 21.7. The topological polar surface area (TPSA) is 20.2 Å². The molecular weight excluding hydrogens is 573 g/mol. The van der Waals surface area contributed by atoms with Crippen molar-refractivity contribution in [3.63, 3.8) is 0 Å². The number of hydrogen-bond acceptors (Lipinski definition) is 3. The summed E-state index contributed by atoms with van der Waals surface area (Å²) in [6.45, 7) is 6.97. The van der Waals surface area contributed by atoms with Gasteiger partial charge in [-0.1, -0.05) is 167 Å². The molecule has 258 valence electrons. The van der Waals surface area contributed by atoms with E-state index in [0.717, 1.165) is 17.9 Å². The minimum atomic E-state index is 0.490. The van der Waals surface area contributed by atoms with E-state index in [1.54, 1.807) is 0 Å². The fourth-order valence-electron chi connectivity index (χ4n) is 6.54. The van der Waals surface area contributed by atoms with Gasteiger partial charge in [-0.3, -0.25) is 0 Å². The number of hydrogen-bond donors (Lipinski definition) is 1. The molecule has 0 bridgehead atoms. The summed E-state index contributed by atoms with van der Waals surface area (Å²) in [6, 6.07) is 8.05. The molecule has 2 unspecified atom stereocenters. The molecule has 44 heavy (non-hydrogen) atoms. The molecule has 0 spiro atoms. The Hall–Kier alpha value is -0.280. The first-order valence-electron chi connectivity index (χ1n) is 19.6. The molecule has 1 N–H and O–H groups in total. The normalized spacial score (nSPS) is 13.0. The van der Waals surface area contributed by atoms with Crippen LogP contribution in [0.25, 0.3) is 0 Å². The van der Waals surface area contributed by atoms with Crippen LogP contribution in [0.5, 0.6) is 5.75 Å². The van der Waals surface area contributed by atoms with Crippen molar-refractivity contribution in [3.05, 3.63) is 29.8 Å². The Bertz CT molecular complexity index is 708. The Morgan fingerprint density at radius 1 is 0.477 bits per heavy atom. The van der Waals surface area contributed by atoms with E-state index in [1.807, 2.05) is 12.1 Å². The summed E-state index contributed by atoms with van der Waals surface area (Å²) in [5.41, 5.74) is 1.15. The molecule has 0 aliphatic rings. The third-order valence-electron chi connectivity index (χ3n) is 9.41. The number of phenols is 1. The largest absolute Gasteiger partial charge is 0.508 e. The number of aromatic hydroxyl groups is 1. The third-order valence-corrected chi connectivity index (χ3v) is 12.0. The van der Waals surface area contributed by atoms with E-state index < -0.39 is 0 Å². The van der Waals surface area contributed by atoms with E-state index in [2.05, 4.69) is 56.4 Å². The fourth-order valence-corrected chi connectivity index (χ4v) is 8.97. The van der Waals surface area contributed by atoms with Gasteiger partial charge in [-0.25, -0.2) is 0 Å². The highest BCUT2D eigenvalue weighted by Crippen LogP contribution is 2.28. The van der Waals surface area contributed by atoms with Crippen molar-refractivity contribution >= 4 is 23.5 Å². The highest BCUT2D eigenvalue weighted by Gasteiger charge is 2.15. The number of rotatable bonds is 34. The molecule has 0 aliphatic heterocycles. The molecule has 3 heteroatoms. The van der Waals surface area contributed by atoms with Crippen molar-refractivity contribution in [2.45, 2.75) is 188 Å². The maximum absolute atomic E-state index is 10.4. The van der Waals surface area contributed by atoms with Crippen LogP contribution >= 0.6 is 23.5 Å². The zero-order valence-electron chi connectivity index (χ0n) is 29.9. The van der Waals surface area contributed by atoms with Gasteiger partial charge in [0.05, 0.1) is 0 Å². The van der Waals surface area contributed by atoms with Crippen LogP contribution in [0, 0.1) is 11.8 Å². The summed E-state index contributed by atoms with van der Waals surface area (Å²) in [5.74, 6) is 7.34. The molecule has 1 aromatic rings. The first kappa shape index (κ1) is 41.7. The fraction of sp³-hybridized carbons (Fsp3) is 0.854. The van der Waals surface area contributed by atoms with E-state index in [4.69, 9.17) is 0 Å². The van der Waals surface area contributed by atoms with Crippen LogP contribution in [0.15, 0.2) is 24.3 Å². The van der Waals surface area contributed by atoms with Crippen molar-refractivity contribution in [2.75, 3.05) is 23.0 Å². The Morgan fingerprint density at radius 2 is 0.909 bits per heavy atom. The first-order valence-corrected chi connectivity index (χ1v) is 21.9. The third kappa shape index (κ3) is 25.9. The zero-order chi connectivity index (χ0) is 31.8. The van der Waals surface area contributed by atoms with E-state index >= 15 is 0 Å². The van der Waals surface area contributed by atoms with Gasteiger partial charge in [-0.2, -0.15) is 23.5 Å². The number of para-hydroxylation sites is 1. The lowest BCUT2D eigenvalue weighted by Gasteiger charge is -2.20. The highest BCUT2D eigenvalue weighted by atomic mass is 32.2. The van der Waals surface area contributed by atoms with Gasteiger partial charge in [0.2, 0.25) is 0 Å². The average molecular weight is 649 g/mol. The van der Waals surface area contributed by atoms with Gasteiger partial charge >= 0.3 is 0 Å². The Balaban J connectivity index is 2.25. The molecule has 0 heterocycles. The van der Waals surface area contributed by atoms with Gasteiger partial charge in [0.15, 0.2) is 0 Å². The molecule has 1 nitrogen and oxygen atoms in total. The van der Waals surface area contributed by atoms with E-state index in [9.17, 15) is 5.11 Å². The van der Waals surface area contributed by atoms with Gasteiger partial charge in [0, 0.05) is 0 Å². The molecule has 0 aliphatic carbocycles. The summed E-state index contributed by atoms with van der Waals surface area (Å²) < 4.78 is 0. The maximum atomic E-state index is 10.4. The Kier molecular flexibility index (Phi) is 31.0. The molecular formula is C41H76OS2. The molecule has 0 radical (unpaired) electrons. The van der Waals surface area contributed by atoms with E-state index in [1.165, 1.54) is 184 Å². The number of benzene rings is 1. The summed E-state index contributed by atoms with van der Waals surface area (Å²) in [5, 5.41) is 10.4. The number of phenolic OH excluding ortho intramolecular Hbond substituents is 1. The van der Waals surface area contributed by atoms with Gasteiger partial charge in [-0.15, -0.1) is 0 Å². The van der Waals surface area contributed by atoms with Crippen molar-refractivity contribution in [3.8, 4) is 5.75 Å². The predicted molar refractivity (Wildman–Crippen MR) is 206 cm³/mol. The van der Waals surface area contributed by atoms with Gasteiger partial charge in [0.1, 0.15) is 5.75 Å². The lowest BCUT2D eigenvalue weighted by molar-refractivity contribution is 0.420. The molecule has 0 saturated heterocycles. The lowest BCUT2D eigenvalue weighted by Crippen LogP contribution is -2.11. The van der Waals surface area contributed by atoms with Crippen LogP contribution in [0.1, 0.15) is 187 Å². The predicted octanol–water partition coefficient (Wildman–Crippen LogP) is 14.4. The van der Waals surface area contributed by atoms with Crippen molar-refractivity contribution in [2.24, 2.45) is 11.8 Å². The smallest absolute Gasteiger partial charge is 0.118 e. The minimum Gasteiger partial charge on any atom is -0.508 e. The maximum Gasteiger partial charge on any atom is 0.118 e. The second kappa shape index (κ2) is 32.7. The molecule has 2 atom stereocenters. The summed E-state index contributed by atoms with van der Waals surface area (Å²) in [4.78, 5) is 0. The minimum absolute atomic E-state index is 0.490. The number of unbranched alkanes of at least 4 members (excludes halogenated alkanes) is 18. The van der Waals surface area contributed by atoms with Crippen molar-refractivity contribution < 1.29 is 5.11 Å². The standard InChI is InChI=1S/C41H76OS2/c1-4-7-9-11-13-15-17-19-21-25-33-43-36-38(28-6-3)29-27-30-39(35-40-31-23-24-32-41(40)42)37-44-34-26-22-20-18-16-14-12-10-8-5-2/h23-24,31-32,38-39,42H,4-22,25-30,33-37H2,1-3H3. The lowest BCUT2D eigenvalue weighted by atomic mass is 9.92. The van der Waals surface area contributed by atoms with Crippen LogP contribution in [0.4, 0.5) is 0 Å². The van der Waals surface area contributed by atoms with Crippen LogP contribution in [-0.2, 0) is 6.42 Å². The molecule has 1 aromatic carbocycles. The van der Waals surface area contributed by atoms with Gasteiger partial charge < -0.3 is 5.11 Å². The number of thioether (sulfide) groups is 2. The Morgan fingerprint density at radius 3 is 1.39 bits per heavy atom. The van der Waals surface area contributed by atoms with Crippen LogP contribution in [0.3, 0.4) is 0 Å². The zero-order valence-corrected chi connectivity index (χ0v) is 31.6. The van der Waals surface area contributed by atoms with Crippen LogP contribution < -0.4 is 0 Å². The second-order valence-corrected chi connectivity index (χ2v) is 16.1. The second-order valence-electron chi connectivity index (χ2n) is 13.8. The van der Waals surface area contributed by atoms with E-state index in [0.29, 0.717) is 11.7 Å². The molecule has 1 rings (SSSR count). The Labute approximate surface area is 285 Å². The van der Waals surface area contributed by atoms with Crippen molar-refractivity contribution in [1.82, 2.24) is 0 Å².